The van der Waals surface area contributed by atoms with Crippen LogP contribution in [0.5, 0.6) is 0 Å². The zero-order chi connectivity index (χ0) is 16.3. The van der Waals surface area contributed by atoms with Gasteiger partial charge in [0.1, 0.15) is 4.88 Å². The Bertz CT molecular complexity index is 704. The molecular weight excluding hydrogens is 298 g/mol. The number of benzene rings is 1. The van der Waals surface area contributed by atoms with Crippen molar-refractivity contribution in [3.8, 4) is 0 Å². The van der Waals surface area contributed by atoms with E-state index in [9.17, 15) is 9.59 Å². The number of aryl methyl sites for hydroxylation is 1. The van der Waals surface area contributed by atoms with E-state index in [1.54, 1.807) is 12.1 Å². The number of hydrogen-bond donors (Lipinski definition) is 1. The van der Waals surface area contributed by atoms with E-state index in [1.165, 1.54) is 7.11 Å². The summed E-state index contributed by atoms with van der Waals surface area (Å²) in [5.74, 6) is -0.330. The van der Waals surface area contributed by atoms with Crippen LogP contribution in [0.1, 0.15) is 50.2 Å². The van der Waals surface area contributed by atoms with Crippen molar-refractivity contribution in [2.24, 2.45) is 0 Å². The molecule has 22 heavy (non-hydrogen) atoms. The highest BCUT2D eigenvalue weighted by atomic mass is 32.1. The van der Waals surface area contributed by atoms with Crippen LogP contribution >= 0.6 is 11.3 Å². The molecule has 0 radical (unpaired) electrons. The fourth-order valence-corrected chi connectivity index (χ4v) is 3.01. The summed E-state index contributed by atoms with van der Waals surface area (Å²) in [6.07, 6.45) is 0. The molecule has 2 aromatic rings. The summed E-state index contributed by atoms with van der Waals surface area (Å²) >= 11 is 1.13. The standard InChI is InChI=1S/C17H19NO3S/c1-10(2)12-7-5-6-11(3)15(12)18-16(19)13-8-9-14(22-13)17(20)21-4/h5-10H,1-4H3,(H,18,19). The fraction of sp³-hybridized carbons (Fsp3) is 0.294. The SMILES string of the molecule is COC(=O)c1ccc(C(=O)Nc2c(C)cccc2C(C)C)s1. The first-order valence-corrected chi connectivity index (χ1v) is 7.84. The van der Waals surface area contributed by atoms with Gasteiger partial charge in [0.2, 0.25) is 0 Å². The Morgan fingerprint density at radius 1 is 1.14 bits per heavy atom. The molecule has 0 atom stereocenters. The molecule has 4 nitrogen and oxygen atoms in total. The Morgan fingerprint density at radius 2 is 1.82 bits per heavy atom. The van der Waals surface area contributed by atoms with Crippen LogP contribution in [0.15, 0.2) is 30.3 Å². The molecule has 0 aliphatic rings. The molecule has 0 unspecified atom stereocenters. The molecule has 116 valence electrons. The smallest absolute Gasteiger partial charge is 0.348 e. The van der Waals surface area contributed by atoms with Crippen molar-refractivity contribution >= 4 is 28.9 Å². The second kappa shape index (κ2) is 6.75. The quantitative estimate of drug-likeness (QED) is 0.859. The maximum Gasteiger partial charge on any atom is 0.348 e. The summed E-state index contributed by atoms with van der Waals surface area (Å²) in [7, 11) is 1.32. The van der Waals surface area contributed by atoms with Gasteiger partial charge in [0.05, 0.1) is 12.0 Å². The van der Waals surface area contributed by atoms with Gasteiger partial charge in [0, 0.05) is 5.69 Å². The lowest BCUT2D eigenvalue weighted by atomic mass is 9.98. The molecule has 0 spiro atoms. The van der Waals surface area contributed by atoms with Crippen LogP contribution in [-0.2, 0) is 4.74 Å². The summed E-state index contributed by atoms with van der Waals surface area (Å²) in [5.41, 5.74) is 2.96. The monoisotopic (exact) mass is 317 g/mol. The number of nitrogens with one attached hydrogen (secondary N) is 1. The van der Waals surface area contributed by atoms with Crippen LogP contribution in [0.4, 0.5) is 5.69 Å². The van der Waals surface area contributed by atoms with Crippen molar-refractivity contribution in [3.05, 3.63) is 51.2 Å². The van der Waals surface area contributed by atoms with E-state index < -0.39 is 5.97 Å². The molecule has 1 aromatic heterocycles. The number of rotatable bonds is 4. The number of hydrogen-bond acceptors (Lipinski definition) is 4. The highest BCUT2D eigenvalue weighted by Gasteiger charge is 2.17. The molecule has 0 fully saturated rings. The predicted molar refractivity (Wildman–Crippen MR) is 88.9 cm³/mol. The Morgan fingerprint density at radius 3 is 2.45 bits per heavy atom. The van der Waals surface area contributed by atoms with Crippen molar-refractivity contribution in [3.63, 3.8) is 0 Å². The van der Waals surface area contributed by atoms with Gasteiger partial charge in [0.15, 0.2) is 0 Å². The Kier molecular flexibility index (Phi) is 4.98. The van der Waals surface area contributed by atoms with E-state index in [4.69, 9.17) is 0 Å². The van der Waals surface area contributed by atoms with Gasteiger partial charge in [0.25, 0.3) is 5.91 Å². The minimum atomic E-state index is -0.428. The van der Waals surface area contributed by atoms with Crippen LogP contribution < -0.4 is 5.32 Å². The average Bonchev–Trinajstić information content (AvgIpc) is 2.98. The molecule has 1 N–H and O–H groups in total. The molecule has 0 saturated carbocycles. The van der Waals surface area contributed by atoms with Gasteiger partial charge in [-0.15, -0.1) is 11.3 Å². The van der Waals surface area contributed by atoms with Crippen molar-refractivity contribution < 1.29 is 14.3 Å². The van der Waals surface area contributed by atoms with Crippen molar-refractivity contribution in [1.29, 1.82) is 0 Å². The maximum absolute atomic E-state index is 12.4. The minimum Gasteiger partial charge on any atom is -0.465 e. The molecule has 0 saturated heterocycles. The van der Waals surface area contributed by atoms with Crippen molar-refractivity contribution in [1.82, 2.24) is 0 Å². The minimum absolute atomic E-state index is 0.212. The average molecular weight is 317 g/mol. The van der Waals surface area contributed by atoms with Gasteiger partial charge < -0.3 is 10.1 Å². The number of esters is 1. The predicted octanol–water partition coefficient (Wildman–Crippen LogP) is 4.22. The Balaban J connectivity index is 2.26. The number of carbonyl (C=O) groups excluding carboxylic acids is 2. The van der Waals surface area contributed by atoms with Gasteiger partial charge in [-0.1, -0.05) is 32.0 Å². The topological polar surface area (TPSA) is 55.4 Å². The van der Waals surface area contributed by atoms with E-state index in [2.05, 4.69) is 23.9 Å². The molecule has 2 rings (SSSR count). The first-order valence-electron chi connectivity index (χ1n) is 7.03. The van der Waals surface area contributed by atoms with Gasteiger partial charge in [-0.2, -0.15) is 0 Å². The van der Waals surface area contributed by atoms with Crippen LogP contribution in [-0.4, -0.2) is 19.0 Å². The van der Waals surface area contributed by atoms with E-state index >= 15 is 0 Å². The van der Waals surface area contributed by atoms with Crippen molar-refractivity contribution in [2.75, 3.05) is 12.4 Å². The lowest BCUT2D eigenvalue weighted by molar-refractivity contribution is 0.0606. The van der Waals surface area contributed by atoms with Crippen LogP contribution in [0.3, 0.4) is 0 Å². The normalized spacial score (nSPS) is 10.6. The zero-order valence-corrected chi connectivity index (χ0v) is 13.9. The summed E-state index contributed by atoms with van der Waals surface area (Å²) in [4.78, 5) is 24.8. The van der Waals surface area contributed by atoms with Gasteiger partial charge in [-0.05, 0) is 36.1 Å². The van der Waals surface area contributed by atoms with E-state index in [-0.39, 0.29) is 5.91 Å². The van der Waals surface area contributed by atoms with Gasteiger partial charge in [-0.3, -0.25) is 4.79 Å². The third-order valence-electron chi connectivity index (χ3n) is 3.38. The Labute approximate surface area is 134 Å². The first kappa shape index (κ1) is 16.2. The Hall–Kier alpha value is -2.14. The lowest BCUT2D eigenvalue weighted by Crippen LogP contribution is -2.13. The summed E-state index contributed by atoms with van der Waals surface area (Å²) < 4.78 is 4.66. The number of para-hydroxylation sites is 1. The van der Waals surface area contributed by atoms with Gasteiger partial charge >= 0.3 is 5.97 Å². The lowest BCUT2D eigenvalue weighted by Gasteiger charge is -2.16. The molecule has 0 aliphatic carbocycles. The van der Waals surface area contributed by atoms with Gasteiger partial charge in [-0.25, -0.2) is 4.79 Å². The summed E-state index contributed by atoms with van der Waals surface area (Å²) in [6.45, 7) is 6.14. The number of anilines is 1. The summed E-state index contributed by atoms with van der Waals surface area (Å²) in [5, 5.41) is 2.97. The highest BCUT2D eigenvalue weighted by Crippen LogP contribution is 2.28. The number of methoxy groups -OCH3 is 1. The molecule has 1 amide bonds. The van der Waals surface area contributed by atoms with Crippen molar-refractivity contribution in [2.45, 2.75) is 26.7 Å². The number of amides is 1. The van der Waals surface area contributed by atoms with Crippen LogP contribution in [0.25, 0.3) is 0 Å². The fourth-order valence-electron chi connectivity index (χ4n) is 2.19. The second-order valence-corrected chi connectivity index (χ2v) is 6.39. The molecule has 5 heteroatoms. The number of carbonyl (C=O) groups is 2. The van der Waals surface area contributed by atoms with E-state index in [0.717, 1.165) is 28.2 Å². The second-order valence-electron chi connectivity index (χ2n) is 5.30. The van der Waals surface area contributed by atoms with Crippen LogP contribution in [0, 0.1) is 6.92 Å². The largest absolute Gasteiger partial charge is 0.465 e. The highest BCUT2D eigenvalue weighted by molar-refractivity contribution is 7.16. The zero-order valence-electron chi connectivity index (χ0n) is 13.1. The third-order valence-corrected chi connectivity index (χ3v) is 4.45. The maximum atomic E-state index is 12.4. The first-order chi connectivity index (χ1) is 10.4. The number of thiophene rings is 1. The number of ether oxygens (including phenoxy) is 1. The molecule has 0 bridgehead atoms. The van der Waals surface area contributed by atoms with E-state index in [1.807, 2.05) is 25.1 Å². The molecule has 0 aliphatic heterocycles. The molecular formula is C17H19NO3S. The molecule has 1 aromatic carbocycles. The summed E-state index contributed by atoms with van der Waals surface area (Å²) in [6, 6.07) is 9.21. The van der Waals surface area contributed by atoms with Crippen LogP contribution in [0.2, 0.25) is 0 Å². The molecule has 1 heterocycles. The van der Waals surface area contributed by atoms with E-state index in [0.29, 0.717) is 15.7 Å². The third kappa shape index (κ3) is 3.36.